The van der Waals surface area contributed by atoms with Crippen molar-refractivity contribution >= 4 is 19.3 Å². The molecule has 0 aliphatic heterocycles. The number of benzene rings is 1. The molecule has 1 unspecified atom stereocenters. The average Bonchev–Trinajstić information content (AvgIpc) is 2.16. The lowest BCUT2D eigenvalue weighted by Gasteiger charge is -2.02. The zero-order valence-electron chi connectivity index (χ0n) is 6.93. The van der Waals surface area contributed by atoms with Crippen LogP contribution in [0, 0.1) is 6.07 Å². The smallest absolute Gasteiger partial charge is 0.180 e. The van der Waals surface area contributed by atoms with Crippen LogP contribution in [0.3, 0.4) is 0 Å². The van der Waals surface area contributed by atoms with Gasteiger partial charge in [0.1, 0.15) is 0 Å². The Morgan fingerprint density at radius 2 is 2.00 bits per heavy atom. The van der Waals surface area contributed by atoms with E-state index in [-0.39, 0.29) is 12.4 Å². The molecule has 1 aromatic rings. The van der Waals surface area contributed by atoms with Gasteiger partial charge in [-0.3, -0.25) is 0 Å². The van der Waals surface area contributed by atoms with Crippen LogP contribution >= 0.6 is 9.47 Å². The first-order valence-electron chi connectivity index (χ1n) is 3.67. The molecule has 1 atom stereocenters. The van der Waals surface area contributed by atoms with Gasteiger partial charge in [-0.05, 0) is 18.2 Å². The monoisotopic (exact) mass is 217 g/mol. The van der Waals surface area contributed by atoms with Crippen LogP contribution in [0.25, 0.3) is 0 Å². The minimum Gasteiger partial charge on any atom is -0.365 e. The van der Waals surface area contributed by atoms with E-state index in [1.807, 2.05) is 9.47 Å². The van der Waals surface area contributed by atoms with Gasteiger partial charge in [0.25, 0.3) is 0 Å². The van der Waals surface area contributed by atoms with Crippen molar-refractivity contribution in [1.29, 1.82) is 0 Å². The molecule has 0 aliphatic rings. The summed E-state index contributed by atoms with van der Waals surface area (Å²) in [6, 6.07) is 8.97. The van der Waals surface area contributed by atoms with Crippen LogP contribution in [-0.4, -0.2) is 20.8 Å². The standard InChI is InChI=1S/C8H10O3PS/c9-13(10,7-6-11-12)8-4-2-1-3-5-8/h2-5H,6-7,12H2. The zero-order valence-corrected chi connectivity index (χ0v) is 8.91. The summed E-state index contributed by atoms with van der Waals surface area (Å²) in [4.78, 5) is 0.313. The average molecular weight is 217 g/mol. The van der Waals surface area contributed by atoms with Gasteiger partial charge in [-0.25, -0.2) is 8.42 Å². The molecule has 1 radical (unpaired) electrons. The van der Waals surface area contributed by atoms with Gasteiger partial charge in [0.15, 0.2) is 9.84 Å². The Hall–Kier alpha value is -0.440. The third kappa shape index (κ3) is 3.07. The van der Waals surface area contributed by atoms with Crippen LogP contribution in [0.1, 0.15) is 0 Å². The third-order valence-corrected chi connectivity index (χ3v) is 3.45. The van der Waals surface area contributed by atoms with Gasteiger partial charge in [0.2, 0.25) is 0 Å². The molecule has 0 aliphatic carbocycles. The summed E-state index contributed by atoms with van der Waals surface area (Å²) in [5, 5.41) is 0. The van der Waals surface area contributed by atoms with Crippen molar-refractivity contribution in [3.63, 3.8) is 0 Å². The van der Waals surface area contributed by atoms with Crippen LogP contribution in [-0.2, 0) is 14.4 Å². The molecule has 71 valence electrons. The minimum atomic E-state index is -3.18. The lowest BCUT2D eigenvalue weighted by molar-refractivity contribution is 0.399. The second kappa shape index (κ2) is 4.70. The summed E-state index contributed by atoms with van der Waals surface area (Å²) in [5.41, 5.74) is 0. The van der Waals surface area contributed by atoms with Gasteiger partial charge < -0.3 is 4.52 Å². The van der Waals surface area contributed by atoms with Gasteiger partial charge in [-0.15, -0.1) is 0 Å². The highest BCUT2D eigenvalue weighted by Gasteiger charge is 2.12. The topological polar surface area (TPSA) is 43.4 Å². The van der Waals surface area contributed by atoms with Gasteiger partial charge in [-0.1, -0.05) is 12.1 Å². The summed E-state index contributed by atoms with van der Waals surface area (Å²) in [6.07, 6.45) is 0. The van der Waals surface area contributed by atoms with Gasteiger partial charge >= 0.3 is 0 Å². The number of hydrogen-bond acceptors (Lipinski definition) is 3. The van der Waals surface area contributed by atoms with Crippen molar-refractivity contribution in [3.8, 4) is 0 Å². The summed E-state index contributed by atoms with van der Waals surface area (Å²) < 4.78 is 27.6. The Labute approximate surface area is 80.3 Å². The maximum absolute atomic E-state index is 11.5. The molecule has 0 bridgehead atoms. The van der Waals surface area contributed by atoms with Crippen LogP contribution in [0.2, 0.25) is 0 Å². The van der Waals surface area contributed by atoms with Crippen molar-refractivity contribution in [2.24, 2.45) is 0 Å². The van der Waals surface area contributed by atoms with Crippen LogP contribution < -0.4 is 0 Å². The molecule has 0 saturated carbocycles. The molecule has 1 aromatic carbocycles. The van der Waals surface area contributed by atoms with Gasteiger partial charge in [-0.2, -0.15) is 0 Å². The highest BCUT2D eigenvalue weighted by molar-refractivity contribution is 7.91. The van der Waals surface area contributed by atoms with E-state index in [1.54, 1.807) is 12.1 Å². The predicted octanol–water partition coefficient (Wildman–Crippen LogP) is 1.07. The molecular formula is C8H10O3PS. The molecule has 5 heteroatoms. The Morgan fingerprint density at radius 3 is 2.54 bits per heavy atom. The largest absolute Gasteiger partial charge is 0.365 e. The molecule has 0 saturated heterocycles. The second-order valence-electron chi connectivity index (χ2n) is 2.43. The predicted molar refractivity (Wildman–Crippen MR) is 53.0 cm³/mol. The summed E-state index contributed by atoms with van der Waals surface area (Å²) in [6.45, 7) is 0.186. The summed E-state index contributed by atoms with van der Waals surface area (Å²) in [7, 11) is -1.16. The minimum absolute atomic E-state index is 0.000509. The highest BCUT2D eigenvalue weighted by Crippen LogP contribution is 2.09. The molecule has 0 N–H and O–H groups in total. The molecule has 1 rings (SSSR count). The Balaban J connectivity index is 2.83. The zero-order chi connectivity index (χ0) is 9.73. The first-order chi connectivity index (χ1) is 6.17. The van der Waals surface area contributed by atoms with Crippen LogP contribution in [0.5, 0.6) is 0 Å². The summed E-state index contributed by atoms with van der Waals surface area (Å²) >= 11 is 0. The van der Waals surface area contributed by atoms with E-state index in [9.17, 15) is 8.42 Å². The van der Waals surface area contributed by atoms with E-state index in [0.717, 1.165) is 0 Å². The Bertz CT molecular complexity index is 347. The fourth-order valence-electron chi connectivity index (χ4n) is 0.855. The molecule has 3 nitrogen and oxygen atoms in total. The number of hydrogen-bond donors (Lipinski definition) is 0. The van der Waals surface area contributed by atoms with Crippen LogP contribution in [0.4, 0.5) is 0 Å². The second-order valence-corrected chi connectivity index (χ2v) is 4.87. The third-order valence-electron chi connectivity index (χ3n) is 1.52. The van der Waals surface area contributed by atoms with Crippen molar-refractivity contribution in [2.45, 2.75) is 4.90 Å². The van der Waals surface area contributed by atoms with E-state index < -0.39 is 9.84 Å². The molecule has 0 fully saturated rings. The quantitative estimate of drug-likeness (QED) is 0.708. The number of rotatable bonds is 4. The first kappa shape index (κ1) is 10.6. The van der Waals surface area contributed by atoms with Crippen molar-refractivity contribution in [1.82, 2.24) is 0 Å². The Morgan fingerprint density at radius 1 is 1.38 bits per heavy atom. The molecular weight excluding hydrogens is 207 g/mol. The maximum Gasteiger partial charge on any atom is 0.180 e. The van der Waals surface area contributed by atoms with E-state index in [4.69, 9.17) is 0 Å². The van der Waals surface area contributed by atoms with Gasteiger partial charge in [0, 0.05) is 9.47 Å². The summed E-state index contributed by atoms with van der Waals surface area (Å²) in [5.74, 6) is 0.000509. The van der Waals surface area contributed by atoms with E-state index in [2.05, 4.69) is 10.6 Å². The fourth-order valence-corrected chi connectivity index (χ4v) is 2.25. The lowest BCUT2D eigenvalue weighted by atomic mass is 10.4. The van der Waals surface area contributed by atoms with E-state index in [1.165, 1.54) is 12.1 Å². The first-order valence-corrected chi connectivity index (χ1v) is 5.80. The van der Waals surface area contributed by atoms with Crippen molar-refractivity contribution in [2.75, 3.05) is 12.4 Å². The highest BCUT2D eigenvalue weighted by atomic mass is 32.2. The molecule has 0 spiro atoms. The van der Waals surface area contributed by atoms with Gasteiger partial charge in [0.05, 0.1) is 17.3 Å². The van der Waals surface area contributed by atoms with E-state index >= 15 is 0 Å². The fraction of sp³-hybridized carbons (Fsp3) is 0.250. The number of sulfone groups is 1. The van der Waals surface area contributed by atoms with E-state index in [0.29, 0.717) is 4.90 Å². The molecule has 0 aromatic heterocycles. The molecule has 13 heavy (non-hydrogen) atoms. The molecule has 0 heterocycles. The molecule has 0 amide bonds. The van der Waals surface area contributed by atoms with Crippen molar-refractivity contribution in [3.05, 3.63) is 30.3 Å². The normalized spacial score (nSPS) is 11.5. The maximum atomic E-state index is 11.5. The Kier molecular flexibility index (Phi) is 3.85. The van der Waals surface area contributed by atoms with Crippen LogP contribution in [0.15, 0.2) is 29.2 Å². The lowest BCUT2D eigenvalue weighted by Crippen LogP contribution is -2.10. The SMILES string of the molecule is O=S(=O)(CCOP)c1cc[c]cc1. The van der Waals surface area contributed by atoms with Crippen molar-refractivity contribution < 1.29 is 12.9 Å².